The number of nitrogens with zero attached hydrogens (tertiary/aromatic N) is 5. The van der Waals surface area contributed by atoms with Crippen molar-refractivity contribution in [3.05, 3.63) is 63.2 Å². The highest BCUT2D eigenvalue weighted by Gasteiger charge is 2.40. The van der Waals surface area contributed by atoms with Crippen LogP contribution in [0.4, 0.5) is 22.0 Å². The fraction of sp³-hybridized carbons (Fsp3) is 0.273. The van der Waals surface area contributed by atoms with E-state index in [0.29, 0.717) is 10.3 Å². The molecule has 1 fully saturated rings. The van der Waals surface area contributed by atoms with Gasteiger partial charge in [0, 0.05) is 48.3 Å². The van der Waals surface area contributed by atoms with E-state index >= 15 is 0 Å². The third-order valence-electron chi connectivity index (χ3n) is 5.75. The van der Waals surface area contributed by atoms with E-state index in [4.69, 9.17) is 4.98 Å². The SMILES string of the molecule is Cc1cc(-c2ccc3c(n2)N(C(=O)Nc2cc(Br)cn(C)c2=O)[C@H]2CCN3C2)ccn1. The van der Waals surface area contributed by atoms with E-state index in [1.54, 1.807) is 30.4 Å². The summed E-state index contributed by atoms with van der Waals surface area (Å²) in [5.74, 6) is 0.616. The molecule has 9 heteroatoms. The number of pyridine rings is 3. The average molecular weight is 481 g/mol. The van der Waals surface area contributed by atoms with E-state index in [-0.39, 0.29) is 23.3 Å². The van der Waals surface area contributed by atoms with Crippen molar-refractivity contribution < 1.29 is 4.79 Å². The van der Waals surface area contributed by atoms with Gasteiger partial charge < -0.3 is 14.8 Å². The summed E-state index contributed by atoms with van der Waals surface area (Å²) in [5, 5.41) is 2.81. The lowest BCUT2D eigenvalue weighted by molar-refractivity contribution is 0.255. The number of rotatable bonds is 2. The second kappa shape index (κ2) is 7.49. The molecule has 3 aromatic rings. The summed E-state index contributed by atoms with van der Waals surface area (Å²) in [5.41, 5.74) is 3.52. The minimum atomic E-state index is -0.349. The number of fused-ring (bicyclic) bond motifs is 4. The molecule has 0 saturated carbocycles. The van der Waals surface area contributed by atoms with E-state index in [1.807, 2.05) is 31.2 Å². The van der Waals surface area contributed by atoms with Crippen LogP contribution in [-0.4, -0.2) is 39.7 Å². The summed E-state index contributed by atoms with van der Waals surface area (Å²) in [6.45, 7) is 3.56. The van der Waals surface area contributed by atoms with Crippen LogP contribution in [0.15, 0.2) is 52.0 Å². The second-order valence-electron chi connectivity index (χ2n) is 7.90. The summed E-state index contributed by atoms with van der Waals surface area (Å²) in [7, 11) is 1.65. The first kappa shape index (κ1) is 19.7. The van der Waals surface area contributed by atoms with Crippen LogP contribution in [-0.2, 0) is 7.05 Å². The number of halogens is 1. The second-order valence-corrected chi connectivity index (χ2v) is 8.82. The van der Waals surface area contributed by atoms with Gasteiger partial charge in [0.2, 0.25) is 0 Å². The molecule has 8 nitrogen and oxygen atoms in total. The summed E-state index contributed by atoms with van der Waals surface area (Å²) < 4.78 is 2.15. The van der Waals surface area contributed by atoms with Gasteiger partial charge in [0.1, 0.15) is 5.69 Å². The first-order valence-corrected chi connectivity index (χ1v) is 10.9. The molecule has 0 radical (unpaired) electrons. The van der Waals surface area contributed by atoms with Gasteiger partial charge in [-0.2, -0.15) is 0 Å². The molecule has 2 aliphatic heterocycles. The van der Waals surface area contributed by atoms with Crippen LogP contribution in [0.3, 0.4) is 0 Å². The van der Waals surface area contributed by atoms with E-state index in [1.165, 1.54) is 4.57 Å². The van der Waals surface area contributed by atoms with Crippen LogP contribution >= 0.6 is 15.9 Å². The van der Waals surface area contributed by atoms with Gasteiger partial charge in [-0.05, 0) is 59.6 Å². The summed E-state index contributed by atoms with van der Waals surface area (Å²) in [6, 6.07) is 9.16. The molecule has 5 rings (SSSR count). The Morgan fingerprint density at radius 3 is 2.90 bits per heavy atom. The molecule has 1 N–H and O–H groups in total. The predicted octanol–water partition coefficient (Wildman–Crippen LogP) is 3.54. The lowest BCUT2D eigenvalue weighted by Crippen LogP contribution is -2.48. The Labute approximate surface area is 187 Å². The van der Waals surface area contributed by atoms with Crippen molar-refractivity contribution in [3.8, 4) is 11.3 Å². The van der Waals surface area contributed by atoms with E-state index < -0.39 is 0 Å². The molecule has 0 unspecified atom stereocenters. The summed E-state index contributed by atoms with van der Waals surface area (Å²) >= 11 is 3.38. The third-order valence-corrected chi connectivity index (χ3v) is 6.19. The van der Waals surface area contributed by atoms with Crippen molar-refractivity contribution in [2.75, 3.05) is 28.2 Å². The van der Waals surface area contributed by atoms with Crippen molar-refractivity contribution in [3.63, 3.8) is 0 Å². The Kier molecular flexibility index (Phi) is 4.77. The Balaban J connectivity index is 1.55. The molecule has 5 heterocycles. The van der Waals surface area contributed by atoms with Gasteiger partial charge >= 0.3 is 6.03 Å². The van der Waals surface area contributed by atoms with Crippen molar-refractivity contribution >= 4 is 39.2 Å². The zero-order valence-corrected chi connectivity index (χ0v) is 18.8. The molecule has 0 spiro atoms. The van der Waals surface area contributed by atoms with E-state index in [9.17, 15) is 9.59 Å². The number of aryl methyl sites for hydroxylation is 2. The summed E-state index contributed by atoms with van der Waals surface area (Å²) in [4.78, 5) is 39.0. The molecule has 3 aromatic heterocycles. The number of urea groups is 1. The molecule has 2 bridgehead atoms. The highest BCUT2D eigenvalue weighted by molar-refractivity contribution is 9.10. The quantitative estimate of drug-likeness (QED) is 0.606. The van der Waals surface area contributed by atoms with Gasteiger partial charge in [-0.1, -0.05) is 0 Å². The van der Waals surface area contributed by atoms with E-state index in [0.717, 1.165) is 42.1 Å². The van der Waals surface area contributed by atoms with Crippen LogP contribution in [0.5, 0.6) is 0 Å². The van der Waals surface area contributed by atoms with Crippen LogP contribution < -0.4 is 20.7 Å². The van der Waals surface area contributed by atoms with Crippen LogP contribution in [0, 0.1) is 6.92 Å². The molecule has 2 amide bonds. The van der Waals surface area contributed by atoms with Gasteiger partial charge in [-0.25, -0.2) is 9.78 Å². The molecule has 1 atom stereocenters. The van der Waals surface area contributed by atoms with Crippen molar-refractivity contribution in [1.82, 2.24) is 14.5 Å². The Morgan fingerprint density at radius 2 is 2.10 bits per heavy atom. The Bertz CT molecular complexity index is 1260. The third kappa shape index (κ3) is 3.48. The molecule has 0 aromatic carbocycles. The van der Waals surface area contributed by atoms with Crippen LogP contribution in [0.1, 0.15) is 12.1 Å². The van der Waals surface area contributed by atoms with Crippen molar-refractivity contribution in [2.24, 2.45) is 7.05 Å². The molecule has 1 saturated heterocycles. The topological polar surface area (TPSA) is 83.4 Å². The smallest absolute Gasteiger partial charge is 0.328 e. The van der Waals surface area contributed by atoms with Gasteiger partial charge in [0.05, 0.1) is 17.4 Å². The van der Waals surface area contributed by atoms with Crippen molar-refractivity contribution in [2.45, 2.75) is 19.4 Å². The maximum absolute atomic E-state index is 13.4. The van der Waals surface area contributed by atoms with Gasteiger partial charge in [0.15, 0.2) is 5.82 Å². The fourth-order valence-electron chi connectivity index (χ4n) is 4.27. The molecule has 0 aliphatic carbocycles. The fourth-order valence-corrected chi connectivity index (χ4v) is 4.81. The Hall–Kier alpha value is -3.20. The maximum atomic E-state index is 13.4. The van der Waals surface area contributed by atoms with Crippen LogP contribution in [0.2, 0.25) is 0 Å². The largest absolute Gasteiger partial charge is 0.366 e. The lowest BCUT2D eigenvalue weighted by atomic mass is 10.1. The predicted molar refractivity (Wildman–Crippen MR) is 124 cm³/mol. The number of nitrogens with one attached hydrogen (secondary N) is 1. The maximum Gasteiger partial charge on any atom is 0.328 e. The highest BCUT2D eigenvalue weighted by atomic mass is 79.9. The number of hydrogen-bond donors (Lipinski definition) is 1. The monoisotopic (exact) mass is 480 g/mol. The molecular weight excluding hydrogens is 460 g/mol. The minimum absolute atomic E-state index is 0.00503. The van der Waals surface area contributed by atoms with E-state index in [2.05, 4.69) is 31.1 Å². The van der Waals surface area contributed by atoms with Gasteiger partial charge in [-0.3, -0.25) is 14.7 Å². The summed E-state index contributed by atoms with van der Waals surface area (Å²) in [6.07, 6.45) is 4.27. The number of aromatic nitrogens is 3. The number of amides is 2. The lowest BCUT2D eigenvalue weighted by Gasteiger charge is -2.35. The normalized spacial score (nSPS) is 16.9. The number of carbonyl (C=O) groups excluding carboxylic acids is 1. The zero-order chi connectivity index (χ0) is 21.7. The zero-order valence-electron chi connectivity index (χ0n) is 17.2. The van der Waals surface area contributed by atoms with Gasteiger partial charge in [0.25, 0.3) is 5.56 Å². The van der Waals surface area contributed by atoms with Gasteiger partial charge in [-0.15, -0.1) is 0 Å². The first-order chi connectivity index (χ1) is 14.9. The van der Waals surface area contributed by atoms with Crippen molar-refractivity contribution in [1.29, 1.82) is 0 Å². The average Bonchev–Trinajstić information content (AvgIpc) is 3.15. The number of anilines is 3. The molecule has 2 aliphatic rings. The standard InChI is InChI=1S/C22H21BrN6O2/c1-13-9-14(5-7-24-13)17-3-4-19-20(25-17)29(16-6-8-28(19)12-16)22(31)26-18-10-15(23)11-27(2)21(18)30/h3-5,7,9-11,16H,6,8,12H2,1-2H3,(H,26,31)/t16-/m0/s1. The first-order valence-electron chi connectivity index (χ1n) is 10.1. The molecule has 158 valence electrons. The highest BCUT2D eigenvalue weighted by Crippen LogP contribution is 2.40. The minimum Gasteiger partial charge on any atom is -0.366 e. The number of carbonyl (C=O) groups is 1. The number of hydrogen-bond acceptors (Lipinski definition) is 5. The molecule has 31 heavy (non-hydrogen) atoms. The Morgan fingerprint density at radius 1 is 1.26 bits per heavy atom. The van der Waals surface area contributed by atoms with Crippen LogP contribution in [0.25, 0.3) is 11.3 Å². The molecular formula is C22H21BrN6O2.